The molecule has 1 N–H and O–H groups in total. The predicted octanol–water partition coefficient (Wildman–Crippen LogP) is 3.03. The van der Waals surface area contributed by atoms with Crippen LogP contribution in [0.1, 0.15) is 28.5 Å². The highest BCUT2D eigenvalue weighted by molar-refractivity contribution is 5.73. The molecule has 2 aromatic heterocycles. The van der Waals surface area contributed by atoms with Crippen molar-refractivity contribution in [3.63, 3.8) is 0 Å². The molecular formula is C19H23N5O3. The second-order valence-corrected chi connectivity index (χ2v) is 6.52. The standard InChI is InChI=1S/C19H23N5O3/c1-12-5-7-15(8-6-12)18-21-17(27-23-18)9-10-20-19(25)24(4)11-16-13(2)22-26-14(16)3/h5-8H,9-11H2,1-4H3,(H,20,25). The van der Waals surface area contributed by atoms with Crippen molar-refractivity contribution in [2.45, 2.75) is 33.7 Å². The zero-order valence-corrected chi connectivity index (χ0v) is 15.9. The maximum absolute atomic E-state index is 12.2. The molecule has 2 heterocycles. The number of carbonyl (C=O) groups is 1. The lowest BCUT2D eigenvalue weighted by Gasteiger charge is -2.17. The van der Waals surface area contributed by atoms with Crippen molar-refractivity contribution in [1.82, 2.24) is 25.5 Å². The van der Waals surface area contributed by atoms with Gasteiger partial charge in [0.15, 0.2) is 0 Å². The first-order chi connectivity index (χ1) is 12.9. The van der Waals surface area contributed by atoms with Gasteiger partial charge in [-0.3, -0.25) is 0 Å². The lowest BCUT2D eigenvalue weighted by Crippen LogP contribution is -2.38. The second kappa shape index (κ2) is 8.03. The highest BCUT2D eigenvalue weighted by atomic mass is 16.5. The van der Waals surface area contributed by atoms with Gasteiger partial charge in [-0.15, -0.1) is 0 Å². The van der Waals surface area contributed by atoms with Crippen LogP contribution in [0, 0.1) is 20.8 Å². The van der Waals surface area contributed by atoms with E-state index in [1.54, 1.807) is 11.9 Å². The molecule has 0 spiro atoms. The highest BCUT2D eigenvalue weighted by Gasteiger charge is 2.15. The zero-order chi connectivity index (χ0) is 19.4. The monoisotopic (exact) mass is 369 g/mol. The molecule has 0 bridgehead atoms. The average molecular weight is 369 g/mol. The molecule has 0 aliphatic rings. The minimum Gasteiger partial charge on any atom is -0.361 e. The second-order valence-electron chi connectivity index (χ2n) is 6.52. The Kier molecular flexibility index (Phi) is 5.54. The number of benzene rings is 1. The van der Waals surface area contributed by atoms with E-state index in [0.29, 0.717) is 31.2 Å². The first-order valence-electron chi connectivity index (χ1n) is 8.74. The summed E-state index contributed by atoms with van der Waals surface area (Å²) < 4.78 is 10.4. The summed E-state index contributed by atoms with van der Waals surface area (Å²) in [5.74, 6) is 1.76. The third-order valence-corrected chi connectivity index (χ3v) is 4.32. The summed E-state index contributed by atoms with van der Waals surface area (Å²) in [6.07, 6.45) is 0.462. The Hall–Kier alpha value is -3.16. The van der Waals surface area contributed by atoms with E-state index in [1.165, 1.54) is 5.56 Å². The van der Waals surface area contributed by atoms with Crippen molar-refractivity contribution in [3.05, 3.63) is 52.7 Å². The van der Waals surface area contributed by atoms with E-state index in [4.69, 9.17) is 9.05 Å². The lowest BCUT2D eigenvalue weighted by atomic mass is 10.1. The first-order valence-corrected chi connectivity index (χ1v) is 8.74. The van der Waals surface area contributed by atoms with Gasteiger partial charge in [-0.1, -0.05) is 40.1 Å². The summed E-state index contributed by atoms with van der Waals surface area (Å²) in [7, 11) is 1.73. The first kappa shape index (κ1) is 18.6. The van der Waals surface area contributed by atoms with Gasteiger partial charge >= 0.3 is 6.03 Å². The largest absolute Gasteiger partial charge is 0.361 e. The molecular weight excluding hydrogens is 346 g/mol. The molecule has 8 nitrogen and oxygen atoms in total. The van der Waals surface area contributed by atoms with Crippen LogP contribution >= 0.6 is 0 Å². The van der Waals surface area contributed by atoms with Gasteiger partial charge in [0, 0.05) is 31.1 Å². The van der Waals surface area contributed by atoms with Crippen molar-refractivity contribution in [1.29, 1.82) is 0 Å². The SMILES string of the molecule is Cc1ccc(-c2noc(CCNC(=O)N(C)Cc3c(C)noc3C)n2)cc1. The van der Waals surface area contributed by atoms with Crippen molar-refractivity contribution >= 4 is 6.03 Å². The molecule has 3 rings (SSSR count). The summed E-state index contributed by atoms with van der Waals surface area (Å²) in [5.41, 5.74) is 3.79. The van der Waals surface area contributed by atoms with E-state index in [0.717, 1.165) is 22.6 Å². The van der Waals surface area contributed by atoms with Crippen LogP contribution in [-0.4, -0.2) is 39.8 Å². The van der Waals surface area contributed by atoms with Crippen LogP contribution in [0.5, 0.6) is 0 Å². The van der Waals surface area contributed by atoms with Gasteiger partial charge in [-0.2, -0.15) is 4.98 Å². The molecule has 0 radical (unpaired) electrons. The summed E-state index contributed by atoms with van der Waals surface area (Å²) in [6, 6.07) is 7.72. The molecule has 2 amide bonds. The van der Waals surface area contributed by atoms with Gasteiger partial charge in [0.2, 0.25) is 11.7 Å². The number of urea groups is 1. The van der Waals surface area contributed by atoms with Crippen LogP contribution in [0.15, 0.2) is 33.3 Å². The summed E-state index contributed by atoms with van der Waals surface area (Å²) in [5, 5.41) is 10.7. The Morgan fingerprint density at radius 2 is 1.85 bits per heavy atom. The van der Waals surface area contributed by atoms with Crippen LogP contribution < -0.4 is 5.32 Å². The maximum Gasteiger partial charge on any atom is 0.317 e. The molecule has 1 aromatic carbocycles. The Balaban J connectivity index is 1.49. The average Bonchev–Trinajstić information content (AvgIpc) is 3.24. The number of nitrogens with zero attached hydrogens (tertiary/aromatic N) is 4. The van der Waals surface area contributed by atoms with E-state index in [9.17, 15) is 4.79 Å². The third-order valence-electron chi connectivity index (χ3n) is 4.32. The van der Waals surface area contributed by atoms with Crippen molar-refractivity contribution in [2.75, 3.05) is 13.6 Å². The van der Waals surface area contributed by atoms with E-state index in [-0.39, 0.29) is 6.03 Å². The predicted molar refractivity (Wildman–Crippen MR) is 99.0 cm³/mol. The van der Waals surface area contributed by atoms with Crippen LogP contribution in [-0.2, 0) is 13.0 Å². The molecule has 0 aliphatic carbocycles. The minimum atomic E-state index is -0.187. The fraction of sp³-hybridized carbons (Fsp3) is 0.368. The summed E-state index contributed by atoms with van der Waals surface area (Å²) in [6.45, 7) is 6.56. The minimum absolute atomic E-state index is 0.187. The van der Waals surface area contributed by atoms with Gasteiger partial charge < -0.3 is 19.3 Å². The number of amides is 2. The van der Waals surface area contributed by atoms with Gasteiger partial charge in [0.25, 0.3) is 0 Å². The molecule has 0 saturated heterocycles. The quantitative estimate of drug-likeness (QED) is 0.717. The third kappa shape index (κ3) is 4.52. The number of hydrogen-bond acceptors (Lipinski definition) is 6. The molecule has 0 unspecified atom stereocenters. The smallest absolute Gasteiger partial charge is 0.317 e. The number of hydrogen-bond donors (Lipinski definition) is 1. The topological polar surface area (TPSA) is 97.3 Å². The molecule has 8 heteroatoms. The normalized spacial score (nSPS) is 10.8. The number of rotatable bonds is 6. The van der Waals surface area contributed by atoms with Gasteiger partial charge in [-0.25, -0.2) is 4.79 Å². The molecule has 142 valence electrons. The Labute approximate surface area is 157 Å². The van der Waals surface area contributed by atoms with E-state index in [2.05, 4.69) is 20.6 Å². The molecule has 0 aliphatic heterocycles. The lowest BCUT2D eigenvalue weighted by molar-refractivity contribution is 0.206. The molecule has 0 fully saturated rings. The number of carbonyl (C=O) groups excluding carboxylic acids is 1. The Morgan fingerprint density at radius 3 is 2.52 bits per heavy atom. The van der Waals surface area contributed by atoms with Crippen molar-refractivity contribution < 1.29 is 13.8 Å². The fourth-order valence-electron chi connectivity index (χ4n) is 2.62. The number of aryl methyl sites for hydroxylation is 3. The highest BCUT2D eigenvalue weighted by Crippen LogP contribution is 2.16. The zero-order valence-electron chi connectivity index (χ0n) is 15.9. The van der Waals surface area contributed by atoms with Gasteiger partial charge in [-0.05, 0) is 20.8 Å². The van der Waals surface area contributed by atoms with Gasteiger partial charge in [0.05, 0.1) is 12.2 Å². The molecule has 0 saturated carbocycles. The van der Waals surface area contributed by atoms with Crippen LogP contribution in [0.25, 0.3) is 11.4 Å². The van der Waals surface area contributed by atoms with Crippen LogP contribution in [0.4, 0.5) is 4.79 Å². The summed E-state index contributed by atoms with van der Waals surface area (Å²) in [4.78, 5) is 18.2. The van der Waals surface area contributed by atoms with E-state index in [1.807, 2.05) is 45.0 Å². The van der Waals surface area contributed by atoms with Crippen molar-refractivity contribution in [2.24, 2.45) is 0 Å². The van der Waals surface area contributed by atoms with Crippen LogP contribution in [0.3, 0.4) is 0 Å². The summed E-state index contributed by atoms with van der Waals surface area (Å²) >= 11 is 0. The van der Waals surface area contributed by atoms with E-state index < -0.39 is 0 Å². The van der Waals surface area contributed by atoms with Gasteiger partial charge in [0.1, 0.15) is 5.76 Å². The Bertz CT molecular complexity index is 894. The maximum atomic E-state index is 12.2. The number of nitrogens with one attached hydrogen (secondary N) is 1. The fourth-order valence-corrected chi connectivity index (χ4v) is 2.62. The van der Waals surface area contributed by atoms with E-state index >= 15 is 0 Å². The van der Waals surface area contributed by atoms with Crippen LogP contribution in [0.2, 0.25) is 0 Å². The Morgan fingerprint density at radius 1 is 1.11 bits per heavy atom. The molecule has 3 aromatic rings. The van der Waals surface area contributed by atoms with Crippen molar-refractivity contribution in [3.8, 4) is 11.4 Å². The molecule has 0 atom stereocenters. The molecule has 27 heavy (non-hydrogen) atoms. The number of aromatic nitrogens is 3.